The van der Waals surface area contributed by atoms with Crippen LogP contribution in [0.25, 0.3) is 11.1 Å². The first-order valence-electron chi connectivity index (χ1n) is 12.7. The molecule has 2 aliphatic rings. The van der Waals surface area contributed by atoms with Crippen LogP contribution in [0.15, 0.2) is 60.7 Å². The largest absolute Gasteiger partial charge is 0.379 e. The van der Waals surface area contributed by atoms with Crippen LogP contribution in [-0.4, -0.2) is 77.8 Å². The van der Waals surface area contributed by atoms with Crippen molar-refractivity contribution in [3.63, 3.8) is 0 Å². The molecule has 0 spiro atoms. The normalized spacial score (nSPS) is 15.3. The molecule has 0 bridgehead atoms. The van der Waals surface area contributed by atoms with Crippen molar-refractivity contribution in [3.05, 3.63) is 71.8 Å². The zero-order chi connectivity index (χ0) is 27.6. The molecule has 0 radical (unpaired) electrons. The molecule has 11 heteroatoms. The fourth-order valence-electron chi connectivity index (χ4n) is 4.67. The van der Waals surface area contributed by atoms with Gasteiger partial charge in [-0.05, 0) is 42.0 Å². The molecular weight excluding hydrogens is 518 g/mol. The topological polar surface area (TPSA) is 120 Å². The molecule has 204 valence electrons. The van der Waals surface area contributed by atoms with E-state index in [0.717, 1.165) is 31.5 Å². The second kappa shape index (κ2) is 11.0. The van der Waals surface area contributed by atoms with Crippen molar-refractivity contribution in [2.45, 2.75) is 0 Å². The van der Waals surface area contributed by atoms with Crippen LogP contribution >= 0.6 is 0 Å². The van der Waals surface area contributed by atoms with Gasteiger partial charge >= 0.3 is 0 Å². The predicted octanol–water partition coefficient (Wildman–Crippen LogP) is 3.12. The van der Waals surface area contributed by atoms with E-state index in [-0.39, 0.29) is 11.8 Å². The van der Waals surface area contributed by atoms with Gasteiger partial charge in [-0.15, -0.1) is 0 Å². The first-order valence-corrected chi connectivity index (χ1v) is 14.5. The molecule has 0 aromatic heterocycles. The number of nitrogens with zero attached hydrogens (tertiary/aromatic N) is 2. The lowest BCUT2D eigenvalue weighted by molar-refractivity contribution is 0.0383. The number of anilines is 4. The maximum Gasteiger partial charge on any atom is 0.257 e. The van der Waals surface area contributed by atoms with Crippen molar-refractivity contribution in [2.75, 3.05) is 67.6 Å². The Hall–Kier alpha value is -3.93. The Kier molecular flexibility index (Phi) is 7.56. The van der Waals surface area contributed by atoms with E-state index in [1.165, 1.54) is 11.4 Å². The maximum absolute atomic E-state index is 13.0. The first-order chi connectivity index (χ1) is 18.7. The molecule has 2 heterocycles. The van der Waals surface area contributed by atoms with Gasteiger partial charge < -0.3 is 20.7 Å². The van der Waals surface area contributed by atoms with Gasteiger partial charge in [0.2, 0.25) is 10.0 Å². The standard InChI is InChI=1S/C28H31N5O5S/c1-32(39(2,36)37)26-6-4-3-5-21(26)19-7-9-22-24(17-19)30-25-18-20(8-10-23(25)31-28(22)35)27(34)29-11-12-33-13-15-38-16-14-33/h3-10,17-18,30H,11-16H2,1-2H3,(H,29,34)(H,31,35). The van der Waals surface area contributed by atoms with Crippen molar-refractivity contribution in [1.29, 1.82) is 0 Å². The quantitative estimate of drug-likeness (QED) is 0.414. The van der Waals surface area contributed by atoms with Crippen LogP contribution in [0.2, 0.25) is 0 Å². The van der Waals surface area contributed by atoms with Gasteiger partial charge in [0.15, 0.2) is 0 Å². The maximum atomic E-state index is 13.0. The second-order valence-electron chi connectivity index (χ2n) is 9.56. The van der Waals surface area contributed by atoms with Crippen LogP contribution in [-0.2, 0) is 14.8 Å². The Morgan fingerprint density at radius 3 is 2.51 bits per heavy atom. The van der Waals surface area contributed by atoms with Crippen molar-refractivity contribution in [3.8, 4) is 11.1 Å². The summed E-state index contributed by atoms with van der Waals surface area (Å²) < 4.78 is 31.0. The summed E-state index contributed by atoms with van der Waals surface area (Å²) in [4.78, 5) is 28.1. The Morgan fingerprint density at radius 2 is 1.74 bits per heavy atom. The fourth-order valence-corrected chi connectivity index (χ4v) is 5.19. The molecule has 0 atom stereocenters. The highest BCUT2D eigenvalue weighted by molar-refractivity contribution is 7.92. The lowest BCUT2D eigenvalue weighted by atomic mass is 10.0. The van der Waals surface area contributed by atoms with E-state index in [4.69, 9.17) is 4.74 Å². The van der Waals surface area contributed by atoms with Crippen LogP contribution < -0.4 is 20.3 Å². The smallest absolute Gasteiger partial charge is 0.257 e. The van der Waals surface area contributed by atoms with Gasteiger partial charge in [-0.2, -0.15) is 0 Å². The summed E-state index contributed by atoms with van der Waals surface area (Å²) in [6.45, 7) is 4.40. The molecule has 0 unspecified atom stereocenters. The van der Waals surface area contributed by atoms with Crippen LogP contribution in [0.5, 0.6) is 0 Å². The lowest BCUT2D eigenvalue weighted by Crippen LogP contribution is -2.41. The highest BCUT2D eigenvalue weighted by Gasteiger charge is 2.22. The molecule has 39 heavy (non-hydrogen) atoms. The minimum absolute atomic E-state index is 0.199. The average Bonchev–Trinajstić information content (AvgIpc) is 3.07. The third kappa shape index (κ3) is 5.90. The van der Waals surface area contributed by atoms with Crippen molar-refractivity contribution in [2.24, 2.45) is 0 Å². The number of rotatable bonds is 7. The second-order valence-corrected chi connectivity index (χ2v) is 11.6. The number of hydrogen-bond acceptors (Lipinski definition) is 7. The number of ether oxygens (including phenoxy) is 1. The summed E-state index contributed by atoms with van der Waals surface area (Å²) in [5.41, 5.74) is 4.55. The van der Waals surface area contributed by atoms with Crippen molar-refractivity contribution < 1.29 is 22.7 Å². The van der Waals surface area contributed by atoms with E-state index < -0.39 is 10.0 Å². The minimum Gasteiger partial charge on any atom is -0.379 e. The molecule has 2 aliphatic heterocycles. The Bertz CT molecular complexity index is 1520. The number of amides is 2. The molecule has 3 aromatic carbocycles. The van der Waals surface area contributed by atoms with E-state index in [9.17, 15) is 18.0 Å². The molecule has 3 aromatic rings. The summed E-state index contributed by atoms with van der Waals surface area (Å²) >= 11 is 0. The Labute approximate surface area is 228 Å². The molecule has 3 N–H and O–H groups in total. The van der Waals surface area contributed by atoms with Crippen LogP contribution in [0.3, 0.4) is 0 Å². The molecular formula is C28H31N5O5S. The highest BCUT2D eigenvalue weighted by Crippen LogP contribution is 2.37. The number of carbonyl (C=O) groups excluding carboxylic acids is 2. The van der Waals surface area contributed by atoms with E-state index in [0.29, 0.717) is 59.2 Å². The summed E-state index contributed by atoms with van der Waals surface area (Å²) in [5.74, 6) is -0.484. The zero-order valence-corrected chi connectivity index (χ0v) is 22.7. The minimum atomic E-state index is -3.48. The fraction of sp³-hybridized carbons (Fsp3) is 0.286. The summed E-state index contributed by atoms with van der Waals surface area (Å²) in [6, 6.07) is 17.6. The monoisotopic (exact) mass is 549 g/mol. The highest BCUT2D eigenvalue weighted by atomic mass is 32.2. The number of morpholine rings is 1. The van der Waals surface area contributed by atoms with Crippen molar-refractivity contribution in [1.82, 2.24) is 10.2 Å². The molecule has 5 rings (SSSR count). The number of sulfonamides is 1. The molecule has 10 nitrogen and oxygen atoms in total. The summed E-state index contributed by atoms with van der Waals surface area (Å²) in [7, 11) is -1.97. The van der Waals surface area contributed by atoms with Gasteiger partial charge in [-0.25, -0.2) is 8.42 Å². The SMILES string of the molecule is CN(c1ccccc1-c1ccc2c(c1)Nc1cc(C(=O)NCCN3CCOCC3)ccc1NC2=O)S(C)(=O)=O. The van der Waals surface area contributed by atoms with Crippen LogP contribution in [0.4, 0.5) is 22.7 Å². The van der Waals surface area contributed by atoms with E-state index in [1.807, 2.05) is 18.2 Å². The van der Waals surface area contributed by atoms with Crippen LogP contribution in [0, 0.1) is 0 Å². The van der Waals surface area contributed by atoms with Gasteiger partial charge in [-0.1, -0.05) is 24.3 Å². The third-order valence-electron chi connectivity index (χ3n) is 6.93. The lowest BCUT2D eigenvalue weighted by Gasteiger charge is -2.26. The molecule has 0 saturated carbocycles. The molecule has 0 aliphatic carbocycles. The van der Waals surface area contributed by atoms with E-state index >= 15 is 0 Å². The zero-order valence-electron chi connectivity index (χ0n) is 21.9. The van der Waals surface area contributed by atoms with Gasteiger partial charge in [0, 0.05) is 44.4 Å². The van der Waals surface area contributed by atoms with E-state index in [2.05, 4.69) is 20.9 Å². The molecule has 1 saturated heterocycles. The number of benzene rings is 3. The number of hydrogen-bond donors (Lipinski definition) is 3. The number of fused-ring (bicyclic) bond motifs is 2. The third-order valence-corrected chi connectivity index (χ3v) is 8.12. The van der Waals surface area contributed by atoms with Crippen molar-refractivity contribution >= 4 is 44.6 Å². The number of para-hydroxylation sites is 1. The van der Waals surface area contributed by atoms with Gasteiger partial charge in [0.25, 0.3) is 11.8 Å². The average molecular weight is 550 g/mol. The summed E-state index contributed by atoms with van der Waals surface area (Å²) in [5, 5.41) is 9.17. The Balaban J connectivity index is 1.40. The Morgan fingerprint density at radius 1 is 0.974 bits per heavy atom. The van der Waals surface area contributed by atoms with Gasteiger partial charge in [0.05, 0.1) is 47.8 Å². The first kappa shape index (κ1) is 26.7. The predicted molar refractivity (Wildman–Crippen MR) is 152 cm³/mol. The van der Waals surface area contributed by atoms with Crippen LogP contribution in [0.1, 0.15) is 20.7 Å². The number of carbonyl (C=O) groups is 2. The molecule has 2 amide bonds. The van der Waals surface area contributed by atoms with Gasteiger partial charge in [-0.3, -0.25) is 18.8 Å². The summed E-state index contributed by atoms with van der Waals surface area (Å²) in [6.07, 6.45) is 1.15. The van der Waals surface area contributed by atoms with E-state index in [1.54, 1.807) is 42.5 Å². The number of nitrogens with one attached hydrogen (secondary N) is 3. The van der Waals surface area contributed by atoms with Gasteiger partial charge in [0.1, 0.15) is 0 Å². The molecule has 1 fully saturated rings.